The topological polar surface area (TPSA) is 95.9 Å². The lowest BCUT2D eigenvalue weighted by Gasteiger charge is -2.44. The second kappa shape index (κ2) is 7.27. The molecule has 0 aliphatic carbocycles. The molecule has 2 aromatic carbocycles. The first-order chi connectivity index (χ1) is 15.3. The summed E-state index contributed by atoms with van der Waals surface area (Å²) in [6.45, 7) is -1.34. The van der Waals surface area contributed by atoms with Gasteiger partial charge >= 0.3 is 6.61 Å². The summed E-state index contributed by atoms with van der Waals surface area (Å²) in [6.07, 6.45) is 1.48. The van der Waals surface area contributed by atoms with Gasteiger partial charge in [0.05, 0.1) is 10.6 Å². The largest absolute Gasteiger partial charge is 0.465 e. The van der Waals surface area contributed by atoms with Gasteiger partial charge in [-0.1, -0.05) is 47.7 Å². The van der Waals surface area contributed by atoms with E-state index in [-0.39, 0.29) is 10.3 Å². The van der Waals surface area contributed by atoms with Crippen LogP contribution in [0.4, 0.5) is 8.78 Å². The fourth-order valence-electron chi connectivity index (χ4n) is 4.32. The Morgan fingerprint density at radius 2 is 2.00 bits per heavy atom. The number of nitrogens with zero attached hydrogens (tertiary/aromatic N) is 2. The number of primary amides is 1. The number of rotatable bonds is 4. The Morgan fingerprint density at radius 3 is 2.75 bits per heavy atom. The predicted molar refractivity (Wildman–Crippen MR) is 112 cm³/mol. The van der Waals surface area contributed by atoms with Crippen molar-refractivity contribution in [2.24, 2.45) is 16.6 Å². The van der Waals surface area contributed by atoms with Crippen molar-refractivity contribution in [2.75, 3.05) is 0 Å². The number of nitrogens with two attached hydrogens (primary N) is 1. The molecule has 2 N–H and O–H groups in total. The number of hydrogen-bond donors (Lipinski definition) is 1. The summed E-state index contributed by atoms with van der Waals surface area (Å²) in [7, 11) is 0. The average Bonchev–Trinajstić information content (AvgIpc) is 3.02. The van der Waals surface area contributed by atoms with Gasteiger partial charge in [-0.05, 0) is 25.1 Å². The third-order valence-electron chi connectivity index (χ3n) is 5.61. The maximum absolute atomic E-state index is 13.4. The molecule has 3 atom stereocenters. The molecular formula is C22H17F2N3O4S. The number of halogens is 2. The summed E-state index contributed by atoms with van der Waals surface area (Å²) < 4.78 is 37.9. The molecule has 2 aliphatic heterocycles. The molecule has 1 aromatic heterocycles. The van der Waals surface area contributed by atoms with Crippen LogP contribution in [0.15, 0.2) is 58.3 Å². The molecule has 32 heavy (non-hydrogen) atoms. The van der Waals surface area contributed by atoms with E-state index in [9.17, 15) is 18.4 Å². The fraction of sp³-hybridized carbons (Fsp3) is 0.227. The quantitative estimate of drug-likeness (QED) is 0.646. The zero-order valence-corrected chi connectivity index (χ0v) is 17.5. The molecule has 0 saturated carbocycles. The zero-order chi connectivity index (χ0) is 22.6. The van der Waals surface area contributed by atoms with E-state index in [1.165, 1.54) is 16.7 Å². The summed E-state index contributed by atoms with van der Waals surface area (Å²) in [5, 5.41) is 0. The molecule has 0 spiro atoms. The van der Waals surface area contributed by atoms with E-state index in [1.54, 1.807) is 49.4 Å². The average molecular weight is 457 g/mol. The molecule has 164 valence electrons. The Morgan fingerprint density at radius 1 is 1.28 bits per heavy atom. The monoisotopic (exact) mass is 457 g/mol. The first-order valence-electron chi connectivity index (χ1n) is 9.72. The molecule has 3 heterocycles. The number of hydrogen-bond acceptors (Lipinski definition) is 6. The van der Waals surface area contributed by atoms with Crippen molar-refractivity contribution in [3.8, 4) is 11.5 Å². The Balaban J connectivity index is 1.76. The number of alkyl halides is 2. The van der Waals surface area contributed by atoms with Gasteiger partial charge in [0.25, 0.3) is 5.56 Å². The van der Waals surface area contributed by atoms with E-state index < -0.39 is 35.8 Å². The maximum Gasteiger partial charge on any atom is 0.387 e. The highest BCUT2D eigenvalue weighted by atomic mass is 32.1. The number of amides is 1. The standard InChI is InChI=1S/C22H17F2N3O4S/c1-22-16(18(25)28)17(12-7-3-5-9-14(12)31-22)27-19(29)15(32-21(27)26-22)10-11-6-2-4-8-13(11)30-20(23)24/h2-10,16-17,20H,1H3,(H2,25,28)/b15-10-/t16-,17-,22+/m1/s1. The van der Waals surface area contributed by atoms with Gasteiger partial charge in [-0.2, -0.15) is 8.78 Å². The van der Waals surface area contributed by atoms with E-state index in [1.807, 2.05) is 0 Å². The zero-order valence-electron chi connectivity index (χ0n) is 16.7. The van der Waals surface area contributed by atoms with Crippen LogP contribution in [0, 0.1) is 5.92 Å². The Labute approximate surface area is 184 Å². The van der Waals surface area contributed by atoms with E-state index in [4.69, 9.17) is 10.5 Å². The molecule has 0 radical (unpaired) electrons. The highest BCUT2D eigenvalue weighted by molar-refractivity contribution is 7.07. The molecule has 1 amide bonds. The minimum absolute atomic E-state index is 0.0513. The first-order valence-corrected chi connectivity index (χ1v) is 10.5. The lowest BCUT2D eigenvalue weighted by molar-refractivity contribution is -0.133. The number of carbonyl (C=O) groups is 1. The van der Waals surface area contributed by atoms with E-state index in [0.29, 0.717) is 21.7 Å². The van der Waals surface area contributed by atoms with Gasteiger partial charge in [0, 0.05) is 11.1 Å². The molecule has 7 nitrogen and oxygen atoms in total. The van der Waals surface area contributed by atoms with Gasteiger partial charge in [-0.25, -0.2) is 4.99 Å². The number of fused-ring (bicyclic) bond motifs is 6. The van der Waals surface area contributed by atoms with Crippen LogP contribution in [0.3, 0.4) is 0 Å². The Bertz CT molecular complexity index is 1420. The fourth-order valence-corrected chi connectivity index (χ4v) is 5.41. The first kappa shape index (κ1) is 20.4. The predicted octanol–water partition coefficient (Wildman–Crippen LogP) is 1.77. The second-order valence-corrected chi connectivity index (χ2v) is 8.63. The van der Waals surface area contributed by atoms with Crippen LogP contribution in [0.5, 0.6) is 11.5 Å². The molecule has 2 bridgehead atoms. The summed E-state index contributed by atoms with van der Waals surface area (Å²) in [4.78, 5) is 30.8. The number of ether oxygens (including phenoxy) is 2. The SMILES string of the molecule is C[C@]12N=c3s/c(=C\c4ccccc4OC(F)F)c(=O)n3[C@H](c3ccccc3O1)[C@@H]2C(N)=O. The smallest absolute Gasteiger partial charge is 0.387 e. The van der Waals surface area contributed by atoms with Crippen LogP contribution >= 0.6 is 11.3 Å². The van der Waals surface area contributed by atoms with Crippen molar-refractivity contribution in [1.29, 1.82) is 0 Å². The molecule has 0 saturated heterocycles. The van der Waals surface area contributed by atoms with Gasteiger partial charge in [0.15, 0.2) is 4.80 Å². The van der Waals surface area contributed by atoms with Crippen molar-refractivity contribution in [3.63, 3.8) is 0 Å². The third kappa shape index (κ3) is 3.10. The number of carbonyl (C=O) groups excluding carboxylic acids is 1. The van der Waals surface area contributed by atoms with Crippen LogP contribution in [-0.2, 0) is 4.79 Å². The number of para-hydroxylation sites is 2. The minimum atomic E-state index is -3.00. The van der Waals surface area contributed by atoms with Crippen LogP contribution in [-0.4, -0.2) is 22.8 Å². The van der Waals surface area contributed by atoms with Crippen molar-refractivity contribution < 1.29 is 23.0 Å². The highest BCUT2D eigenvalue weighted by Gasteiger charge is 2.54. The lowest BCUT2D eigenvalue weighted by Crippen LogP contribution is -2.59. The Kier molecular flexibility index (Phi) is 4.63. The normalized spacial score (nSPS) is 23.7. The van der Waals surface area contributed by atoms with Gasteiger partial charge in [0.2, 0.25) is 11.6 Å². The number of benzene rings is 2. The third-order valence-corrected chi connectivity index (χ3v) is 6.59. The Hall–Kier alpha value is -3.53. The van der Waals surface area contributed by atoms with E-state index in [0.717, 1.165) is 11.3 Å². The highest BCUT2D eigenvalue weighted by Crippen LogP contribution is 2.46. The number of aromatic nitrogens is 1. The van der Waals surface area contributed by atoms with Crippen molar-refractivity contribution in [1.82, 2.24) is 4.57 Å². The van der Waals surface area contributed by atoms with Gasteiger partial charge in [0.1, 0.15) is 17.4 Å². The lowest BCUT2D eigenvalue weighted by atomic mass is 9.81. The van der Waals surface area contributed by atoms with Crippen LogP contribution in [0.1, 0.15) is 24.1 Å². The van der Waals surface area contributed by atoms with Crippen molar-refractivity contribution in [3.05, 3.63) is 79.3 Å². The second-order valence-electron chi connectivity index (χ2n) is 7.62. The van der Waals surface area contributed by atoms with E-state index in [2.05, 4.69) is 9.73 Å². The molecule has 0 fully saturated rings. The molecule has 10 heteroatoms. The van der Waals surface area contributed by atoms with Crippen molar-refractivity contribution in [2.45, 2.75) is 25.3 Å². The molecule has 0 unspecified atom stereocenters. The molecule has 2 aliphatic rings. The number of thiazole rings is 1. The van der Waals surface area contributed by atoms with Crippen molar-refractivity contribution >= 4 is 23.3 Å². The summed E-state index contributed by atoms with van der Waals surface area (Å²) >= 11 is 1.08. The van der Waals surface area contributed by atoms with Crippen LogP contribution in [0.2, 0.25) is 0 Å². The molecule has 3 aromatic rings. The maximum atomic E-state index is 13.4. The van der Waals surface area contributed by atoms with Crippen LogP contribution in [0.25, 0.3) is 6.08 Å². The van der Waals surface area contributed by atoms with Gasteiger partial charge in [-0.15, -0.1) is 0 Å². The summed E-state index contributed by atoms with van der Waals surface area (Å²) in [5.41, 5.74) is 5.00. The minimum Gasteiger partial charge on any atom is -0.465 e. The van der Waals surface area contributed by atoms with Gasteiger partial charge < -0.3 is 15.2 Å². The molecule has 5 rings (SSSR count). The molecular weight excluding hydrogens is 440 g/mol. The van der Waals surface area contributed by atoms with Gasteiger partial charge in [-0.3, -0.25) is 14.2 Å². The summed E-state index contributed by atoms with van der Waals surface area (Å²) in [5.74, 6) is -1.07. The van der Waals surface area contributed by atoms with Crippen LogP contribution < -0.4 is 30.1 Å². The van der Waals surface area contributed by atoms with E-state index >= 15 is 0 Å². The summed E-state index contributed by atoms with van der Waals surface area (Å²) in [6, 6.07) is 12.6.